The molecule has 1 aliphatic heterocycles. The third-order valence-corrected chi connectivity index (χ3v) is 2.31. The monoisotopic (exact) mass is 223 g/mol. The average molecular weight is 224 g/mol. The van der Waals surface area contributed by atoms with E-state index in [1.54, 1.807) is 6.07 Å². The Morgan fingerprint density at radius 2 is 2.08 bits per heavy atom. The zero-order valence-corrected chi connectivity index (χ0v) is 7.81. The third-order valence-electron chi connectivity index (χ3n) is 1.82. The van der Waals surface area contributed by atoms with Gasteiger partial charge in [-0.15, -0.1) is 0 Å². The molecular weight excluding hydrogens is 218 g/mol. The maximum atomic E-state index is 11.2. The van der Waals surface area contributed by atoms with E-state index in [4.69, 9.17) is 0 Å². The Hall–Kier alpha value is -1.09. The van der Waals surface area contributed by atoms with Gasteiger partial charge in [-0.3, -0.25) is 4.79 Å². The summed E-state index contributed by atoms with van der Waals surface area (Å²) in [6, 6.07) is 5.51. The number of halogens is 1. The quantitative estimate of drug-likeness (QED) is 0.718. The topological polar surface area (TPSA) is 29.1 Å². The van der Waals surface area contributed by atoms with Crippen molar-refractivity contribution in [3.05, 3.63) is 40.4 Å². The molecule has 1 aliphatic rings. The van der Waals surface area contributed by atoms with Crippen LogP contribution in [0.1, 0.15) is 15.9 Å². The average Bonchev–Trinajstić information content (AvgIpc) is 2.28. The molecule has 1 amide bonds. The molecule has 0 spiro atoms. The van der Waals surface area contributed by atoms with Crippen molar-refractivity contribution in [1.82, 2.24) is 5.32 Å². The van der Waals surface area contributed by atoms with E-state index in [1.165, 1.54) is 0 Å². The van der Waals surface area contributed by atoms with Gasteiger partial charge in [0.05, 0.1) is 0 Å². The molecule has 2 rings (SSSR count). The van der Waals surface area contributed by atoms with Crippen molar-refractivity contribution in [2.45, 2.75) is 0 Å². The zero-order chi connectivity index (χ0) is 8.72. The molecular formula is C9H6BrNO. The molecule has 0 bridgehead atoms. The highest BCUT2D eigenvalue weighted by Crippen LogP contribution is 2.25. The van der Waals surface area contributed by atoms with Crippen LogP contribution in [-0.2, 0) is 0 Å². The Morgan fingerprint density at radius 3 is 2.83 bits per heavy atom. The van der Waals surface area contributed by atoms with E-state index in [1.807, 2.05) is 12.1 Å². The Bertz CT molecular complexity index is 384. The number of carbonyl (C=O) groups is 1. The van der Waals surface area contributed by atoms with Gasteiger partial charge in [-0.25, -0.2) is 0 Å². The number of hydrogen-bond acceptors (Lipinski definition) is 1. The number of benzene rings is 1. The minimum absolute atomic E-state index is 0.0671. The van der Waals surface area contributed by atoms with Crippen molar-refractivity contribution >= 4 is 27.5 Å². The second-order valence-electron chi connectivity index (χ2n) is 2.62. The van der Waals surface area contributed by atoms with Gasteiger partial charge in [-0.1, -0.05) is 22.5 Å². The number of hydrogen-bond donors (Lipinski definition) is 1. The van der Waals surface area contributed by atoms with Crippen molar-refractivity contribution in [3.63, 3.8) is 0 Å². The van der Waals surface area contributed by atoms with Crippen LogP contribution in [0.4, 0.5) is 0 Å². The van der Waals surface area contributed by atoms with Crippen LogP contribution in [-0.4, -0.2) is 5.91 Å². The molecule has 3 heteroatoms. The van der Waals surface area contributed by atoms with E-state index in [0.29, 0.717) is 11.3 Å². The summed E-state index contributed by atoms with van der Waals surface area (Å²) >= 11 is 3.33. The van der Waals surface area contributed by atoms with E-state index in [0.717, 1.165) is 10.0 Å². The van der Waals surface area contributed by atoms with E-state index in [-0.39, 0.29) is 5.91 Å². The van der Waals surface area contributed by atoms with Crippen LogP contribution in [0.3, 0.4) is 0 Å². The van der Waals surface area contributed by atoms with E-state index >= 15 is 0 Å². The Kier molecular flexibility index (Phi) is 1.54. The van der Waals surface area contributed by atoms with Crippen LogP contribution in [0.5, 0.6) is 0 Å². The molecule has 0 aliphatic carbocycles. The molecule has 0 atom stereocenters. The summed E-state index contributed by atoms with van der Waals surface area (Å²) in [7, 11) is 0. The molecule has 0 radical (unpaired) electrons. The lowest BCUT2D eigenvalue weighted by Crippen LogP contribution is -2.11. The number of carbonyl (C=O) groups excluding carboxylic acids is 1. The first-order chi connectivity index (χ1) is 5.68. The molecule has 0 saturated heterocycles. The summed E-state index contributed by atoms with van der Waals surface area (Å²) in [4.78, 5) is 11.2. The van der Waals surface area contributed by atoms with Gasteiger partial charge in [0, 0.05) is 21.3 Å². The van der Waals surface area contributed by atoms with Gasteiger partial charge in [0.15, 0.2) is 0 Å². The van der Waals surface area contributed by atoms with Gasteiger partial charge in [0.2, 0.25) is 0 Å². The summed E-state index contributed by atoms with van der Waals surface area (Å²) in [6.45, 7) is 3.73. The summed E-state index contributed by atoms with van der Waals surface area (Å²) in [5.41, 5.74) is 2.26. The fourth-order valence-electron chi connectivity index (χ4n) is 1.24. The van der Waals surface area contributed by atoms with Crippen LogP contribution in [0, 0.1) is 0 Å². The number of amides is 1. The summed E-state index contributed by atoms with van der Waals surface area (Å²) in [6.07, 6.45) is 0. The molecule has 0 saturated carbocycles. The second-order valence-corrected chi connectivity index (χ2v) is 3.54. The van der Waals surface area contributed by atoms with Crippen LogP contribution in [0.15, 0.2) is 29.3 Å². The molecule has 1 aromatic carbocycles. The summed E-state index contributed by atoms with van der Waals surface area (Å²) < 4.78 is 0.957. The molecule has 0 fully saturated rings. The van der Waals surface area contributed by atoms with Gasteiger partial charge in [-0.2, -0.15) is 0 Å². The second kappa shape index (κ2) is 2.45. The first-order valence-electron chi connectivity index (χ1n) is 3.48. The molecule has 1 aromatic rings. The van der Waals surface area contributed by atoms with Crippen molar-refractivity contribution < 1.29 is 4.79 Å². The number of nitrogens with one attached hydrogen (secondary N) is 1. The molecule has 2 nitrogen and oxygen atoms in total. The van der Waals surface area contributed by atoms with Crippen LogP contribution in [0.2, 0.25) is 0 Å². The van der Waals surface area contributed by atoms with E-state index < -0.39 is 0 Å². The van der Waals surface area contributed by atoms with Crippen molar-refractivity contribution in [2.75, 3.05) is 0 Å². The van der Waals surface area contributed by atoms with E-state index in [2.05, 4.69) is 27.8 Å². The van der Waals surface area contributed by atoms with Gasteiger partial charge in [0.1, 0.15) is 0 Å². The van der Waals surface area contributed by atoms with Crippen molar-refractivity contribution in [2.24, 2.45) is 0 Å². The smallest absolute Gasteiger partial charge is 0.256 e. The van der Waals surface area contributed by atoms with Gasteiger partial charge in [0.25, 0.3) is 5.91 Å². The molecule has 12 heavy (non-hydrogen) atoms. The maximum absolute atomic E-state index is 11.2. The summed E-state index contributed by atoms with van der Waals surface area (Å²) in [5, 5.41) is 2.66. The molecule has 1 N–H and O–H groups in total. The Labute approximate surface area is 78.4 Å². The largest absolute Gasteiger partial charge is 0.322 e. The molecule has 0 aromatic heterocycles. The number of fused-ring (bicyclic) bond motifs is 1. The standard InChI is InChI=1S/C9H6BrNO/c1-5-8-4-6(10)2-3-7(8)9(12)11-5/h2-4H,1H2,(H,11,12). The third kappa shape index (κ3) is 0.975. The van der Waals surface area contributed by atoms with Gasteiger partial charge in [-0.05, 0) is 18.2 Å². The Morgan fingerprint density at radius 1 is 1.33 bits per heavy atom. The molecule has 60 valence electrons. The first-order valence-corrected chi connectivity index (χ1v) is 4.28. The molecule has 0 unspecified atom stereocenters. The fourth-order valence-corrected chi connectivity index (χ4v) is 1.60. The fraction of sp³-hybridized carbons (Fsp3) is 0. The highest BCUT2D eigenvalue weighted by atomic mass is 79.9. The lowest BCUT2D eigenvalue weighted by Gasteiger charge is -1.96. The van der Waals surface area contributed by atoms with Gasteiger partial charge >= 0.3 is 0 Å². The lowest BCUT2D eigenvalue weighted by molar-refractivity contribution is 0.0981. The lowest BCUT2D eigenvalue weighted by atomic mass is 10.1. The summed E-state index contributed by atoms with van der Waals surface area (Å²) in [5.74, 6) is -0.0671. The van der Waals surface area contributed by atoms with Crippen LogP contribution >= 0.6 is 15.9 Å². The normalized spacial score (nSPS) is 14.4. The first kappa shape index (κ1) is 7.55. The zero-order valence-electron chi connectivity index (χ0n) is 6.23. The highest BCUT2D eigenvalue weighted by Gasteiger charge is 2.21. The van der Waals surface area contributed by atoms with Crippen molar-refractivity contribution in [3.8, 4) is 0 Å². The van der Waals surface area contributed by atoms with E-state index in [9.17, 15) is 4.79 Å². The highest BCUT2D eigenvalue weighted by molar-refractivity contribution is 9.10. The maximum Gasteiger partial charge on any atom is 0.256 e. The minimum atomic E-state index is -0.0671. The predicted octanol–water partition coefficient (Wildman–Crippen LogP) is 2.16. The predicted molar refractivity (Wildman–Crippen MR) is 50.6 cm³/mol. The molecule has 1 heterocycles. The SMILES string of the molecule is C=C1NC(=O)c2ccc(Br)cc21. The van der Waals surface area contributed by atoms with Crippen LogP contribution < -0.4 is 5.32 Å². The Balaban J connectivity index is 2.68. The minimum Gasteiger partial charge on any atom is -0.322 e. The van der Waals surface area contributed by atoms with Crippen molar-refractivity contribution in [1.29, 1.82) is 0 Å². The van der Waals surface area contributed by atoms with Crippen LogP contribution in [0.25, 0.3) is 5.70 Å². The number of rotatable bonds is 0. The van der Waals surface area contributed by atoms with Gasteiger partial charge < -0.3 is 5.32 Å².